The van der Waals surface area contributed by atoms with E-state index in [9.17, 15) is 9.18 Å². The summed E-state index contributed by atoms with van der Waals surface area (Å²) in [5, 5.41) is 6.25. The first kappa shape index (κ1) is 19.3. The molecule has 2 aromatic carbocycles. The molecule has 0 aliphatic rings. The Balaban J connectivity index is 1.57. The Bertz CT molecular complexity index is 932. The zero-order valence-corrected chi connectivity index (χ0v) is 15.5. The number of anilines is 3. The van der Waals surface area contributed by atoms with Crippen LogP contribution in [0.1, 0.15) is 22.8 Å². The van der Waals surface area contributed by atoms with E-state index in [0.29, 0.717) is 42.5 Å². The van der Waals surface area contributed by atoms with Crippen LogP contribution < -0.4 is 10.6 Å². The molecule has 0 amide bonds. The highest BCUT2D eigenvalue weighted by atomic mass is 19.1. The molecule has 0 spiro atoms. The van der Waals surface area contributed by atoms with E-state index in [1.54, 1.807) is 55.6 Å². The standard InChI is InChI=1S/C21H21FN4O2/c1-2-28-20(27)16-7-9-17(10-8-16)25-19-12-14-24-21(26-19)23-13-11-15-5-3-4-6-18(15)22/h3-10,12,14H,2,11,13H2,1H3,(H2,23,24,25,26). The first-order valence-electron chi connectivity index (χ1n) is 9.00. The number of hydrogen-bond acceptors (Lipinski definition) is 6. The summed E-state index contributed by atoms with van der Waals surface area (Å²) in [6.45, 7) is 2.62. The molecule has 0 saturated carbocycles. The van der Waals surface area contributed by atoms with Crippen LogP contribution in [0.3, 0.4) is 0 Å². The van der Waals surface area contributed by atoms with Gasteiger partial charge >= 0.3 is 5.97 Å². The van der Waals surface area contributed by atoms with Gasteiger partial charge in [-0.05, 0) is 55.3 Å². The van der Waals surface area contributed by atoms with E-state index < -0.39 is 0 Å². The van der Waals surface area contributed by atoms with Crippen molar-refractivity contribution in [3.05, 3.63) is 77.7 Å². The molecule has 28 heavy (non-hydrogen) atoms. The van der Waals surface area contributed by atoms with Crippen molar-refractivity contribution >= 4 is 23.4 Å². The number of halogens is 1. The largest absolute Gasteiger partial charge is 0.462 e. The predicted molar refractivity (Wildman–Crippen MR) is 106 cm³/mol. The highest BCUT2D eigenvalue weighted by molar-refractivity contribution is 5.89. The number of rotatable bonds is 8. The first-order chi connectivity index (χ1) is 13.7. The van der Waals surface area contributed by atoms with E-state index in [1.165, 1.54) is 6.07 Å². The summed E-state index contributed by atoms with van der Waals surface area (Å²) in [7, 11) is 0. The van der Waals surface area contributed by atoms with Crippen LogP contribution in [0.4, 0.5) is 21.8 Å². The monoisotopic (exact) mass is 380 g/mol. The van der Waals surface area contributed by atoms with Crippen LogP contribution in [-0.2, 0) is 11.2 Å². The van der Waals surface area contributed by atoms with E-state index in [-0.39, 0.29) is 11.8 Å². The Morgan fingerprint density at radius 2 is 1.89 bits per heavy atom. The summed E-state index contributed by atoms with van der Waals surface area (Å²) < 4.78 is 18.6. The second-order valence-electron chi connectivity index (χ2n) is 5.96. The average molecular weight is 380 g/mol. The van der Waals surface area contributed by atoms with Gasteiger partial charge in [0.25, 0.3) is 0 Å². The molecule has 1 aromatic heterocycles. The van der Waals surface area contributed by atoms with Crippen LogP contribution >= 0.6 is 0 Å². The summed E-state index contributed by atoms with van der Waals surface area (Å²) in [4.78, 5) is 20.3. The molecule has 0 aliphatic heterocycles. The van der Waals surface area contributed by atoms with Crippen LogP contribution in [-0.4, -0.2) is 29.1 Å². The lowest BCUT2D eigenvalue weighted by Crippen LogP contribution is -2.09. The minimum absolute atomic E-state index is 0.216. The van der Waals surface area contributed by atoms with Crippen LogP contribution in [0.25, 0.3) is 0 Å². The lowest BCUT2D eigenvalue weighted by atomic mass is 10.1. The minimum atomic E-state index is -0.350. The van der Waals surface area contributed by atoms with Crippen LogP contribution in [0.5, 0.6) is 0 Å². The maximum atomic E-state index is 13.6. The fraction of sp³-hybridized carbons (Fsp3) is 0.190. The topological polar surface area (TPSA) is 76.1 Å². The molecule has 0 saturated heterocycles. The van der Waals surface area contributed by atoms with Crippen molar-refractivity contribution in [1.29, 1.82) is 0 Å². The Morgan fingerprint density at radius 1 is 1.11 bits per heavy atom. The molecule has 3 rings (SSSR count). The van der Waals surface area contributed by atoms with E-state index in [2.05, 4.69) is 20.6 Å². The predicted octanol–water partition coefficient (Wildman–Crippen LogP) is 4.19. The SMILES string of the molecule is CCOC(=O)c1ccc(Nc2ccnc(NCCc3ccccc3F)n2)cc1. The molecule has 3 aromatic rings. The molecule has 1 heterocycles. The van der Waals surface area contributed by atoms with Gasteiger partial charge in [0, 0.05) is 18.4 Å². The number of benzene rings is 2. The molecule has 7 heteroatoms. The fourth-order valence-corrected chi connectivity index (χ4v) is 2.58. The van der Waals surface area contributed by atoms with Gasteiger partial charge in [-0.1, -0.05) is 18.2 Å². The number of esters is 1. The van der Waals surface area contributed by atoms with E-state index in [0.717, 1.165) is 5.69 Å². The van der Waals surface area contributed by atoms with Gasteiger partial charge in [-0.25, -0.2) is 14.2 Å². The minimum Gasteiger partial charge on any atom is -0.462 e. The summed E-state index contributed by atoms with van der Waals surface area (Å²) in [5.74, 6) is 0.487. The van der Waals surface area contributed by atoms with Crippen molar-refractivity contribution in [3.8, 4) is 0 Å². The normalized spacial score (nSPS) is 10.4. The lowest BCUT2D eigenvalue weighted by Gasteiger charge is -2.09. The van der Waals surface area contributed by atoms with E-state index in [1.807, 2.05) is 6.07 Å². The van der Waals surface area contributed by atoms with Gasteiger partial charge in [0.15, 0.2) is 0 Å². The molecular formula is C21H21FN4O2. The highest BCUT2D eigenvalue weighted by Crippen LogP contribution is 2.16. The number of carbonyl (C=O) groups excluding carboxylic acids is 1. The van der Waals surface area contributed by atoms with E-state index >= 15 is 0 Å². The Kier molecular flexibility index (Phi) is 6.51. The molecule has 2 N–H and O–H groups in total. The Morgan fingerprint density at radius 3 is 2.64 bits per heavy atom. The summed E-state index contributed by atoms with van der Waals surface area (Å²) in [6, 6.07) is 15.4. The number of nitrogens with one attached hydrogen (secondary N) is 2. The van der Waals surface area contributed by atoms with Crippen LogP contribution in [0, 0.1) is 5.82 Å². The van der Waals surface area contributed by atoms with Crippen molar-refractivity contribution in [2.45, 2.75) is 13.3 Å². The van der Waals surface area contributed by atoms with Gasteiger partial charge in [-0.2, -0.15) is 4.98 Å². The third-order valence-corrected chi connectivity index (χ3v) is 3.96. The van der Waals surface area contributed by atoms with Gasteiger partial charge in [0.2, 0.25) is 5.95 Å². The quantitative estimate of drug-likeness (QED) is 0.571. The third kappa shape index (κ3) is 5.26. The average Bonchev–Trinajstić information content (AvgIpc) is 2.70. The summed E-state index contributed by atoms with van der Waals surface area (Å²) in [6.07, 6.45) is 2.16. The molecule has 0 aliphatic carbocycles. The van der Waals surface area contributed by atoms with Crippen molar-refractivity contribution in [2.75, 3.05) is 23.8 Å². The molecule has 6 nitrogen and oxygen atoms in total. The number of ether oxygens (including phenoxy) is 1. The molecule has 0 radical (unpaired) electrons. The molecule has 144 valence electrons. The first-order valence-corrected chi connectivity index (χ1v) is 9.00. The number of aromatic nitrogens is 2. The molecule has 0 unspecified atom stereocenters. The van der Waals surface area contributed by atoms with E-state index in [4.69, 9.17) is 4.74 Å². The van der Waals surface area contributed by atoms with Crippen molar-refractivity contribution < 1.29 is 13.9 Å². The zero-order chi connectivity index (χ0) is 19.8. The number of hydrogen-bond donors (Lipinski definition) is 2. The van der Waals surface area contributed by atoms with Crippen molar-refractivity contribution in [1.82, 2.24) is 9.97 Å². The van der Waals surface area contributed by atoms with Crippen molar-refractivity contribution in [3.63, 3.8) is 0 Å². The molecule has 0 bridgehead atoms. The third-order valence-electron chi connectivity index (χ3n) is 3.96. The van der Waals surface area contributed by atoms with Crippen LogP contribution in [0.2, 0.25) is 0 Å². The van der Waals surface area contributed by atoms with Crippen LogP contribution in [0.15, 0.2) is 60.8 Å². The summed E-state index contributed by atoms with van der Waals surface area (Å²) in [5.41, 5.74) is 1.92. The second kappa shape index (κ2) is 9.45. The Labute approximate surface area is 162 Å². The smallest absolute Gasteiger partial charge is 0.338 e. The maximum absolute atomic E-state index is 13.6. The Hall–Kier alpha value is -3.48. The highest BCUT2D eigenvalue weighted by Gasteiger charge is 2.06. The van der Waals surface area contributed by atoms with Gasteiger partial charge in [-0.3, -0.25) is 0 Å². The van der Waals surface area contributed by atoms with Gasteiger partial charge in [0.1, 0.15) is 11.6 Å². The molecule has 0 atom stereocenters. The van der Waals surface area contributed by atoms with Crippen molar-refractivity contribution in [2.24, 2.45) is 0 Å². The number of carbonyl (C=O) groups is 1. The molecular weight excluding hydrogens is 359 g/mol. The summed E-state index contributed by atoms with van der Waals surface area (Å²) >= 11 is 0. The second-order valence-corrected chi connectivity index (χ2v) is 5.96. The molecule has 0 fully saturated rings. The van der Waals surface area contributed by atoms with Gasteiger partial charge in [0.05, 0.1) is 12.2 Å². The fourth-order valence-electron chi connectivity index (χ4n) is 2.58. The van der Waals surface area contributed by atoms with Gasteiger partial charge < -0.3 is 15.4 Å². The van der Waals surface area contributed by atoms with Gasteiger partial charge in [-0.15, -0.1) is 0 Å². The maximum Gasteiger partial charge on any atom is 0.338 e. The zero-order valence-electron chi connectivity index (χ0n) is 15.5. The lowest BCUT2D eigenvalue weighted by molar-refractivity contribution is 0.0526. The number of nitrogens with zero attached hydrogens (tertiary/aromatic N) is 2.